The lowest BCUT2D eigenvalue weighted by Gasteiger charge is -2.22. The maximum Gasteiger partial charge on any atom is 0.251 e. The fourth-order valence-corrected chi connectivity index (χ4v) is 6.18. The quantitative estimate of drug-likeness (QED) is 0.662. The van der Waals surface area contributed by atoms with Gasteiger partial charge in [-0.15, -0.1) is 0 Å². The number of aromatic nitrogens is 1. The van der Waals surface area contributed by atoms with Crippen LogP contribution in [0.3, 0.4) is 0 Å². The number of nitrogens with zero attached hydrogens (tertiary/aromatic N) is 1. The first kappa shape index (κ1) is 19.8. The Morgan fingerprint density at radius 1 is 1.32 bits per heavy atom. The molecule has 1 heterocycles. The Hall–Kier alpha value is -0.0000000000000000555. The van der Waals surface area contributed by atoms with Gasteiger partial charge in [-0.05, 0) is 43.9 Å². The van der Waals surface area contributed by atoms with Gasteiger partial charge in [-0.1, -0.05) is 25.4 Å². The van der Waals surface area contributed by atoms with E-state index in [1.54, 1.807) is 12.4 Å². The first-order valence-corrected chi connectivity index (χ1v) is 11.5. The van der Waals surface area contributed by atoms with E-state index in [4.69, 9.17) is 27.4 Å². The average molecular weight is 405 g/mol. The van der Waals surface area contributed by atoms with Crippen molar-refractivity contribution in [3.8, 4) is 0 Å². The van der Waals surface area contributed by atoms with Crippen molar-refractivity contribution < 1.29 is 15.8 Å². The van der Waals surface area contributed by atoms with Crippen molar-refractivity contribution in [1.29, 1.82) is 0 Å². The third kappa shape index (κ3) is 4.14. The van der Waals surface area contributed by atoms with Gasteiger partial charge in [0.05, 0.1) is 16.8 Å². The molecule has 0 radical (unpaired) electrons. The van der Waals surface area contributed by atoms with E-state index in [9.17, 15) is 0 Å². The van der Waals surface area contributed by atoms with Gasteiger partial charge in [0, 0.05) is 18.8 Å². The summed E-state index contributed by atoms with van der Waals surface area (Å²) in [4.78, 5) is 4.11. The van der Waals surface area contributed by atoms with E-state index in [1.165, 1.54) is 12.8 Å². The average Bonchev–Trinajstić information content (AvgIpc) is 2.92. The van der Waals surface area contributed by atoms with Crippen molar-refractivity contribution in [3.05, 3.63) is 28.0 Å². The molecule has 25 heavy (non-hydrogen) atoms. The fraction of sp³-hybridized carbons (Fsp3) is 0.737. The van der Waals surface area contributed by atoms with E-state index in [0.29, 0.717) is 21.5 Å². The van der Waals surface area contributed by atoms with E-state index in [-0.39, 0.29) is 17.3 Å². The van der Waals surface area contributed by atoms with Gasteiger partial charge in [-0.2, -0.15) is 4.18 Å². The molecule has 0 aliphatic heterocycles. The van der Waals surface area contributed by atoms with Crippen LogP contribution in [-0.4, -0.2) is 29.1 Å². The van der Waals surface area contributed by atoms with Crippen LogP contribution in [0.25, 0.3) is 0 Å². The van der Waals surface area contributed by atoms with Crippen molar-refractivity contribution in [2.45, 2.75) is 52.7 Å². The van der Waals surface area contributed by atoms with Crippen molar-refractivity contribution in [2.24, 2.45) is 17.3 Å². The Balaban J connectivity index is 1.67. The molecule has 0 aromatic carbocycles. The molecule has 6 heteroatoms. The number of pyridine rings is 1. The Bertz CT molecular complexity index is 575. The van der Waals surface area contributed by atoms with Crippen molar-refractivity contribution in [1.82, 2.24) is 10.3 Å². The fourth-order valence-electron chi connectivity index (χ4n) is 4.37. The maximum absolute atomic E-state index is 6.42. The van der Waals surface area contributed by atoms with Crippen LogP contribution in [0.2, 0.25) is 10.0 Å². The topological polar surface area (TPSA) is 34.1 Å². The molecule has 2 aliphatic rings. The monoisotopic (exact) mass is 404 g/mol. The van der Waals surface area contributed by atoms with Crippen molar-refractivity contribution in [3.63, 3.8) is 0 Å². The van der Waals surface area contributed by atoms with Gasteiger partial charge < -0.3 is 5.32 Å². The first-order valence-electron chi connectivity index (χ1n) is 9.26. The molecule has 1 aromatic heterocycles. The smallest absolute Gasteiger partial charge is 0.251 e. The zero-order valence-corrected chi connectivity index (χ0v) is 17.9. The number of hydrogen-bond acceptors (Lipinski definition) is 3. The lowest BCUT2D eigenvalue weighted by Crippen LogP contribution is -2.35. The third-order valence-electron chi connectivity index (χ3n) is 6.08. The van der Waals surface area contributed by atoms with E-state index >= 15 is 0 Å². The van der Waals surface area contributed by atoms with Gasteiger partial charge in [0.1, 0.15) is 22.7 Å². The van der Waals surface area contributed by atoms with E-state index in [2.05, 4.69) is 38.0 Å². The predicted octanol–water partition coefficient (Wildman–Crippen LogP) is 4.09. The largest absolute Gasteiger partial charge is 0.311 e. The normalized spacial score (nSPS) is 28.2. The number of halogens is 2. The molecule has 2 fully saturated rings. The molecule has 0 amide bonds. The zero-order valence-electron chi connectivity index (χ0n) is 15.5. The summed E-state index contributed by atoms with van der Waals surface area (Å²) in [5.74, 6) is 3.82. The number of rotatable bonds is 8. The molecular formula is C19H30Cl2N2OS+2. The highest BCUT2D eigenvalue weighted by atomic mass is 35.5. The summed E-state index contributed by atoms with van der Waals surface area (Å²) in [6.07, 6.45) is 5.84. The molecule has 4 atom stereocenters. The molecule has 0 bridgehead atoms. The van der Waals surface area contributed by atoms with Gasteiger partial charge in [-0.3, -0.25) is 4.98 Å². The van der Waals surface area contributed by atoms with Crippen LogP contribution in [0.15, 0.2) is 12.4 Å². The molecule has 0 saturated heterocycles. The Kier molecular flexibility index (Phi) is 6.27. The number of nitrogens with one attached hydrogen (secondary N) is 1. The predicted molar refractivity (Wildman–Crippen MR) is 104 cm³/mol. The molecular weight excluding hydrogens is 375 g/mol. The summed E-state index contributed by atoms with van der Waals surface area (Å²) in [7, 11) is 0. The minimum absolute atomic E-state index is 0.0645. The van der Waals surface area contributed by atoms with Gasteiger partial charge >= 0.3 is 0 Å². The molecule has 1 aromatic rings. The Morgan fingerprint density at radius 2 is 1.96 bits per heavy atom. The van der Waals surface area contributed by atoms with Crippen LogP contribution in [0.1, 0.15) is 52.2 Å². The minimum Gasteiger partial charge on any atom is -0.311 e. The standard InChI is InChI=1S/C19H30Cl2N2OS/c1-5-25(6-2)24-17(18-15(20)9-22-10-16(18)21)11-23-12-7-13-14(8-12)19(13,3)4/h9-10,12-14,17,20,23H,5-8,11H2,1-4H3/q+2/t12?,13-,14+,17?. The summed E-state index contributed by atoms with van der Waals surface area (Å²) in [6, 6.07) is 0.591. The molecule has 2 saturated carbocycles. The number of fused-ring (bicyclic) bond motifs is 1. The Labute approximate surface area is 164 Å². The van der Waals surface area contributed by atoms with Gasteiger partial charge in [0.25, 0.3) is 5.02 Å². The summed E-state index contributed by atoms with van der Waals surface area (Å²) < 4.78 is 6.42. The molecule has 0 spiro atoms. The molecule has 3 nitrogen and oxygen atoms in total. The van der Waals surface area contributed by atoms with Crippen LogP contribution in [0.4, 0.5) is 0 Å². The number of hydrogen-bond donors (Lipinski definition) is 1. The van der Waals surface area contributed by atoms with Crippen LogP contribution < -0.4 is 5.32 Å². The molecule has 1 N–H and O–H groups in total. The zero-order chi connectivity index (χ0) is 18.2. The second-order valence-corrected chi connectivity index (χ2v) is 10.8. The minimum atomic E-state index is -0.101. The molecule has 140 valence electrons. The van der Waals surface area contributed by atoms with E-state index in [1.807, 2.05) is 0 Å². The van der Waals surface area contributed by atoms with Gasteiger partial charge in [-0.25, -0.2) is 0 Å². The third-order valence-corrected chi connectivity index (χ3v) is 8.50. The van der Waals surface area contributed by atoms with Gasteiger partial charge in [0.2, 0.25) is 0 Å². The SMILES string of the molecule is CC[S+](CC)OC(CNC1C[C@@H]2[C@H](C1)C2(C)C)c1c(Cl)cncc1[ClH+]. The van der Waals surface area contributed by atoms with Crippen LogP contribution in [0.5, 0.6) is 0 Å². The van der Waals surface area contributed by atoms with Crippen molar-refractivity contribution >= 4 is 22.8 Å². The van der Waals surface area contributed by atoms with Crippen LogP contribution in [-0.2, 0) is 15.4 Å². The Morgan fingerprint density at radius 3 is 2.52 bits per heavy atom. The second kappa shape index (κ2) is 7.93. The summed E-state index contributed by atoms with van der Waals surface area (Å²) in [6.45, 7) is 9.91. The van der Waals surface area contributed by atoms with Crippen molar-refractivity contribution in [2.75, 3.05) is 18.1 Å². The van der Waals surface area contributed by atoms with E-state index in [0.717, 1.165) is 35.4 Å². The maximum atomic E-state index is 6.42. The van der Waals surface area contributed by atoms with Crippen LogP contribution >= 0.6 is 11.6 Å². The van der Waals surface area contributed by atoms with E-state index < -0.39 is 0 Å². The summed E-state index contributed by atoms with van der Waals surface area (Å²) in [5, 5.41) is 5.06. The van der Waals surface area contributed by atoms with Crippen LogP contribution in [0, 0.1) is 28.9 Å². The van der Waals surface area contributed by atoms with Gasteiger partial charge in [0.15, 0.2) is 17.7 Å². The molecule has 3 rings (SSSR count). The second-order valence-electron chi connectivity index (χ2n) is 7.75. The highest BCUT2D eigenvalue weighted by molar-refractivity contribution is 7.92. The molecule has 2 unspecified atom stereocenters. The molecule has 2 aliphatic carbocycles. The highest BCUT2D eigenvalue weighted by Gasteiger charge is 2.61. The highest BCUT2D eigenvalue weighted by Crippen LogP contribution is 2.66. The lowest BCUT2D eigenvalue weighted by molar-refractivity contribution is -0.291. The first-order chi connectivity index (χ1) is 11.9. The summed E-state index contributed by atoms with van der Waals surface area (Å²) >= 11 is 11.9. The summed E-state index contributed by atoms with van der Waals surface area (Å²) in [5.41, 5.74) is 1.48. The lowest BCUT2D eigenvalue weighted by atomic mass is 9.97.